The molecule has 2 aliphatic rings. The van der Waals surface area contributed by atoms with Gasteiger partial charge in [-0.1, -0.05) is 18.6 Å². The van der Waals surface area contributed by atoms with E-state index in [1.165, 1.54) is 16.4 Å². The molecule has 0 spiro atoms. The van der Waals surface area contributed by atoms with Crippen LogP contribution in [-0.2, 0) is 31.3 Å². The average Bonchev–Trinajstić information content (AvgIpc) is 2.89. The quantitative estimate of drug-likeness (QED) is 0.557. The van der Waals surface area contributed by atoms with Crippen LogP contribution in [0.1, 0.15) is 31.2 Å². The van der Waals surface area contributed by atoms with Crippen LogP contribution in [-0.4, -0.2) is 82.6 Å². The highest BCUT2D eigenvalue weighted by molar-refractivity contribution is 7.89. The number of hydrogen-bond acceptors (Lipinski definition) is 6. The fourth-order valence-corrected chi connectivity index (χ4v) is 7.39. The molecule has 4 rings (SSSR count). The van der Waals surface area contributed by atoms with E-state index in [1.54, 1.807) is 40.7 Å². The van der Waals surface area contributed by atoms with Crippen LogP contribution in [0.3, 0.4) is 0 Å². The molecule has 9 nitrogen and oxygen atoms in total. The van der Waals surface area contributed by atoms with Crippen molar-refractivity contribution in [3.63, 3.8) is 0 Å². The lowest BCUT2D eigenvalue weighted by molar-refractivity contribution is -0.116. The number of likely N-dealkylation sites (N-methyl/N-ethyl adjacent to an activating group) is 1. The molecular weight excluding hydrogens is 500 g/mol. The van der Waals surface area contributed by atoms with Crippen LogP contribution in [0.15, 0.2) is 58.3 Å². The van der Waals surface area contributed by atoms with Gasteiger partial charge in [0.15, 0.2) is 0 Å². The summed E-state index contributed by atoms with van der Waals surface area (Å²) in [5.74, 6) is -0.199. The van der Waals surface area contributed by atoms with Crippen molar-refractivity contribution in [2.75, 3.05) is 51.6 Å². The van der Waals surface area contributed by atoms with Gasteiger partial charge in [-0.2, -0.15) is 8.61 Å². The number of hydrogen-bond donors (Lipinski definition) is 1. The summed E-state index contributed by atoms with van der Waals surface area (Å²) >= 11 is 0. The van der Waals surface area contributed by atoms with Crippen LogP contribution in [0.4, 0.5) is 5.69 Å². The third-order valence-electron chi connectivity index (χ3n) is 6.75. The van der Waals surface area contributed by atoms with Gasteiger partial charge in [-0.15, -0.1) is 0 Å². The van der Waals surface area contributed by atoms with Crippen LogP contribution >= 0.6 is 0 Å². The van der Waals surface area contributed by atoms with Crippen LogP contribution < -0.4 is 5.32 Å². The summed E-state index contributed by atoms with van der Waals surface area (Å²) in [7, 11) is -5.05. The highest BCUT2D eigenvalue weighted by atomic mass is 32.2. The second kappa shape index (κ2) is 11.4. The summed E-state index contributed by atoms with van der Waals surface area (Å²) in [6.45, 7) is 3.44. The number of piperazine rings is 1. The predicted molar refractivity (Wildman–Crippen MR) is 139 cm³/mol. The molecule has 2 aromatic carbocycles. The molecular formula is C25H34N4O5S2. The molecule has 0 bridgehead atoms. The maximum atomic E-state index is 12.8. The first-order valence-corrected chi connectivity index (χ1v) is 15.2. The van der Waals surface area contributed by atoms with Gasteiger partial charge in [-0.25, -0.2) is 16.8 Å². The molecule has 0 aromatic heterocycles. The SMILES string of the molecule is CN1CCN(S(=O)(=O)c2ccc(NC(=O)CCc3ccc(S(=O)(=O)N4CCCCC4)cc3)cc2)CC1. The zero-order valence-corrected chi connectivity index (χ0v) is 22.2. The van der Waals surface area contributed by atoms with Crippen molar-refractivity contribution in [3.8, 4) is 0 Å². The Bertz CT molecular complexity index is 1250. The first-order valence-electron chi connectivity index (χ1n) is 12.3. The van der Waals surface area contributed by atoms with Gasteiger partial charge < -0.3 is 10.2 Å². The summed E-state index contributed by atoms with van der Waals surface area (Å²) in [6, 6.07) is 13.0. The number of nitrogens with one attached hydrogen (secondary N) is 1. The molecule has 1 N–H and O–H groups in total. The van der Waals surface area contributed by atoms with E-state index >= 15 is 0 Å². The minimum absolute atomic E-state index is 0.199. The maximum Gasteiger partial charge on any atom is 0.243 e. The van der Waals surface area contributed by atoms with E-state index in [4.69, 9.17) is 0 Å². The van der Waals surface area contributed by atoms with Gasteiger partial charge in [0.1, 0.15) is 0 Å². The zero-order chi connectivity index (χ0) is 25.8. The fraction of sp³-hybridized carbons (Fsp3) is 0.480. The maximum absolute atomic E-state index is 12.8. The second-order valence-electron chi connectivity index (χ2n) is 9.39. The number of anilines is 1. The molecule has 2 fully saturated rings. The van der Waals surface area contributed by atoms with Gasteiger partial charge in [-0.05, 0) is 68.3 Å². The van der Waals surface area contributed by atoms with Gasteiger partial charge in [-0.3, -0.25) is 4.79 Å². The third-order valence-corrected chi connectivity index (χ3v) is 10.6. The number of carbonyl (C=O) groups excluding carboxylic acids is 1. The summed E-state index contributed by atoms with van der Waals surface area (Å²) in [5, 5.41) is 2.80. The standard InChI is InChI=1S/C25H34N4O5S2/c1-27-17-19-29(20-18-27)36(33,34)24-12-8-22(9-13-24)26-25(30)14-7-21-5-10-23(11-6-21)35(31,32)28-15-3-2-4-16-28/h5-6,8-13H,2-4,7,14-20H2,1H3,(H,26,30). The lowest BCUT2D eigenvalue weighted by Gasteiger charge is -2.31. The van der Waals surface area contributed by atoms with Crippen molar-refractivity contribution >= 4 is 31.6 Å². The van der Waals surface area contributed by atoms with Gasteiger partial charge in [0.25, 0.3) is 0 Å². The Labute approximate surface area is 214 Å². The monoisotopic (exact) mass is 534 g/mol. The number of sulfonamides is 2. The van der Waals surface area contributed by atoms with Crippen LogP contribution in [0, 0.1) is 0 Å². The lowest BCUT2D eigenvalue weighted by Crippen LogP contribution is -2.46. The van der Waals surface area contributed by atoms with Gasteiger partial charge in [0.2, 0.25) is 26.0 Å². The first kappa shape index (κ1) is 26.7. The van der Waals surface area contributed by atoms with E-state index in [1.807, 2.05) is 7.05 Å². The minimum atomic E-state index is -3.55. The second-order valence-corrected chi connectivity index (χ2v) is 13.3. The number of rotatable bonds is 8. The molecule has 196 valence electrons. The minimum Gasteiger partial charge on any atom is -0.326 e. The largest absolute Gasteiger partial charge is 0.326 e. The van der Waals surface area contributed by atoms with Gasteiger partial charge in [0.05, 0.1) is 9.79 Å². The van der Waals surface area contributed by atoms with E-state index < -0.39 is 20.0 Å². The Morgan fingerprint density at radius 1 is 0.722 bits per heavy atom. The highest BCUT2D eigenvalue weighted by Crippen LogP contribution is 2.22. The number of amides is 1. The van der Waals surface area contributed by atoms with Crippen molar-refractivity contribution in [1.29, 1.82) is 0 Å². The molecule has 2 aliphatic heterocycles. The molecule has 2 heterocycles. The first-order chi connectivity index (χ1) is 17.2. The Morgan fingerprint density at radius 3 is 1.78 bits per heavy atom. The van der Waals surface area contributed by atoms with Gasteiger partial charge >= 0.3 is 0 Å². The summed E-state index contributed by atoms with van der Waals surface area (Å²) in [5.41, 5.74) is 1.40. The van der Waals surface area contributed by atoms with Crippen molar-refractivity contribution < 1.29 is 21.6 Å². The van der Waals surface area contributed by atoms with Crippen LogP contribution in [0.25, 0.3) is 0 Å². The highest BCUT2D eigenvalue weighted by Gasteiger charge is 2.27. The number of benzene rings is 2. The van der Waals surface area contributed by atoms with Crippen molar-refractivity contribution in [3.05, 3.63) is 54.1 Å². The zero-order valence-electron chi connectivity index (χ0n) is 20.6. The predicted octanol–water partition coefficient (Wildman–Crippen LogP) is 2.37. The molecule has 2 saturated heterocycles. The molecule has 0 aliphatic carbocycles. The normalized spacial score (nSPS) is 18.7. The average molecular weight is 535 g/mol. The Hall–Kier alpha value is -2.31. The van der Waals surface area contributed by atoms with Crippen molar-refractivity contribution in [2.24, 2.45) is 0 Å². The molecule has 1 amide bonds. The summed E-state index contributed by atoms with van der Waals surface area (Å²) < 4.78 is 54.3. The van der Waals surface area contributed by atoms with E-state index in [0.717, 1.165) is 24.8 Å². The smallest absolute Gasteiger partial charge is 0.243 e. The molecule has 0 unspecified atom stereocenters. The fourth-order valence-electron chi connectivity index (χ4n) is 4.45. The summed E-state index contributed by atoms with van der Waals surface area (Å²) in [4.78, 5) is 15.0. The molecule has 2 aromatic rings. The van der Waals surface area contributed by atoms with Crippen LogP contribution in [0.2, 0.25) is 0 Å². The molecule has 11 heteroatoms. The topological polar surface area (TPSA) is 107 Å². The Morgan fingerprint density at radius 2 is 1.22 bits per heavy atom. The van der Waals surface area contributed by atoms with E-state index in [2.05, 4.69) is 10.2 Å². The van der Waals surface area contributed by atoms with E-state index in [0.29, 0.717) is 51.4 Å². The Balaban J connectivity index is 1.29. The molecule has 0 atom stereocenters. The van der Waals surface area contributed by atoms with Gasteiger partial charge in [0, 0.05) is 51.4 Å². The lowest BCUT2D eigenvalue weighted by atomic mass is 10.1. The Kier molecular flexibility index (Phi) is 8.46. The molecule has 0 saturated carbocycles. The van der Waals surface area contributed by atoms with E-state index in [-0.39, 0.29) is 22.1 Å². The van der Waals surface area contributed by atoms with E-state index in [9.17, 15) is 21.6 Å². The summed E-state index contributed by atoms with van der Waals surface area (Å²) in [6.07, 6.45) is 3.53. The number of piperidine rings is 1. The number of nitrogens with zero attached hydrogens (tertiary/aromatic N) is 3. The molecule has 0 radical (unpaired) electrons. The third kappa shape index (κ3) is 6.33. The molecule has 36 heavy (non-hydrogen) atoms. The number of carbonyl (C=O) groups is 1. The van der Waals surface area contributed by atoms with Crippen molar-refractivity contribution in [2.45, 2.75) is 41.9 Å². The van der Waals surface area contributed by atoms with Crippen LogP contribution in [0.5, 0.6) is 0 Å². The van der Waals surface area contributed by atoms with Crippen molar-refractivity contribution in [1.82, 2.24) is 13.5 Å². The number of aryl methyl sites for hydroxylation is 1.